The number of fused-ring (bicyclic) bond motifs is 1. The largest absolute Gasteiger partial charge is 0.497 e. The minimum absolute atomic E-state index is 0.490. The summed E-state index contributed by atoms with van der Waals surface area (Å²) < 4.78 is 7.28. The summed E-state index contributed by atoms with van der Waals surface area (Å²) in [4.78, 5) is 8.49. The summed E-state index contributed by atoms with van der Waals surface area (Å²) in [7, 11) is 1.72. The van der Waals surface area contributed by atoms with Crippen molar-refractivity contribution in [3.05, 3.63) is 71.9 Å². The number of nitrogens with zero attached hydrogens (tertiary/aromatic N) is 3. The molecule has 0 spiro atoms. The monoisotopic (exact) mass is 334 g/mol. The highest BCUT2D eigenvalue weighted by Gasteiger charge is 2.18. The van der Waals surface area contributed by atoms with E-state index in [0.29, 0.717) is 6.04 Å². The highest BCUT2D eigenvalue weighted by Crippen LogP contribution is 2.25. The molecular weight excluding hydrogens is 312 g/mol. The Kier molecular flexibility index (Phi) is 4.48. The summed E-state index contributed by atoms with van der Waals surface area (Å²) in [5.74, 6) is 1.84. The standard InChI is InChI=1S/C20H22N4O/c1-25-19-5-3-16-2-4-18(11-17(16)12-19)23-13-15-6-7-22-20(10-15)24-9-8-21-14-24/h3,5-10,12,14,18,23H,2,4,11,13H2,1H3/t18-/m1/s1. The fourth-order valence-electron chi connectivity index (χ4n) is 3.40. The zero-order valence-electron chi connectivity index (χ0n) is 14.4. The third-order valence-electron chi connectivity index (χ3n) is 4.82. The molecule has 25 heavy (non-hydrogen) atoms. The molecule has 0 saturated heterocycles. The summed E-state index contributed by atoms with van der Waals surface area (Å²) in [5, 5.41) is 3.70. The first-order valence-corrected chi connectivity index (χ1v) is 8.64. The summed E-state index contributed by atoms with van der Waals surface area (Å²) in [6.45, 7) is 0.841. The van der Waals surface area contributed by atoms with Gasteiger partial charge in [-0.05, 0) is 60.2 Å². The molecule has 1 aliphatic rings. The maximum Gasteiger partial charge on any atom is 0.138 e. The average Bonchev–Trinajstić information content (AvgIpc) is 3.21. The molecule has 0 fully saturated rings. The SMILES string of the molecule is COc1ccc2c(c1)C[C@H](NCc1ccnc(-n3ccnc3)c1)CC2. The van der Waals surface area contributed by atoms with E-state index in [2.05, 4.69) is 45.6 Å². The zero-order chi connectivity index (χ0) is 17.1. The van der Waals surface area contributed by atoms with Crippen LogP contribution in [0.2, 0.25) is 0 Å². The molecule has 1 aromatic carbocycles. The molecule has 128 valence electrons. The van der Waals surface area contributed by atoms with Crippen molar-refractivity contribution in [1.82, 2.24) is 19.9 Å². The van der Waals surface area contributed by atoms with Gasteiger partial charge in [0.25, 0.3) is 0 Å². The maximum absolute atomic E-state index is 5.36. The molecule has 0 amide bonds. The number of aryl methyl sites for hydroxylation is 1. The van der Waals surface area contributed by atoms with Gasteiger partial charge in [0.05, 0.1) is 7.11 Å². The van der Waals surface area contributed by atoms with Crippen molar-refractivity contribution in [2.45, 2.75) is 31.8 Å². The molecule has 1 atom stereocenters. The predicted molar refractivity (Wildman–Crippen MR) is 97.0 cm³/mol. The van der Waals surface area contributed by atoms with Gasteiger partial charge in [-0.1, -0.05) is 6.07 Å². The topological polar surface area (TPSA) is 52.0 Å². The van der Waals surface area contributed by atoms with Crippen LogP contribution in [0.4, 0.5) is 0 Å². The Balaban J connectivity index is 1.41. The van der Waals surface area contributed by atoms with E-state index in [0.717, 1.165) is 31.0 Å². The number of imidazole rings is 1. The van der Waals surface area contributed by atoms with Crippen LogP contribution in [0.3, 0.4) is 0 Å². The quantitative estimate of drug-likeness (QED) is 0.779. The molecule has 0 saturated carbocycles. The minimum atomic E-state index is 0.490. The van der Waals surface area contributed by atoms with Crippen molar-refractivity contribution in [2.75, 3.05) is 7.11 Å². The zero-order valence-corrected chi connectivity index (χ0v) is 14.4. The Morgan fingerprint density at radius 3 is 3.00 bits per heavy atom. The van der Waals surface area contributed by atoms with E-state index in [1.807, 2.05) is 17.0 Å². The Labute approximate surface area is 147 Å². The van der Waals surface area contributed by atoms with Gasteiger partial charge in [0.2, 0.25) is 0 Å². The molecule has 2 aromatic heterocycles. The highest BCUT2D eigenvalue weighted by molar-refractivity contribution is 5.38. The molecule has 0 unspecified atom stereocenters. The molecule has 1 aliphatic carbocycles. The summed E-state index contributed by atoms with van der Waals surface area (Å²) in [6.07, 6.45) is 10.6. The Morgan fingerprint density at radius 1 is 1.20 bits per heavy atom. The van der Waals surface area contributed by atoms with Crippen LogP contribution < -0.4 is 10.1 Å². The van der Waals surface area contributed by atoms with Crippen LogP contribution in [0.1, 0.15) is 23.1 Å². The second-order valence-corrected chi connectivity index (χ2v) is 6.45. The lowest BCUT2D eigenvalue weighted by molar-refractivity contribution is 0.411. The molecule has 0 aliphatic heterocycles. The van der Waals surface area contributed by atoms with E-state index < -0.39 is 0 Å². The fourth-order valence-corrected chi connectivity index (χ4v) is 3.40. The van der Waals surface area contributed by atoms with Crippen LogP contribution >= 0.6 is 0 Å². The Hall–Kier alpha value is -2.66. The lowest BCUT2D eigenvalue weighted by atomic mass is 9.88. The summed E-state index contributed by atoms with van der Waals surface area (Å²) in [6, 6.07) is 11.1. The fraction of sp³-hybridized carbons (Fsp3) is 0.300. The van der Waals surface area contributed by atoms with Crippen LogP contribution in [0.5, 0.6) is 5.75 Å². The van der Waals surface area contributed by atoms with Gasteiger partial charge in [0, 0.05) is 31.2 Å². The van der Waals surface area contributed by atoms with E-state index in [1.54, 1.807) is 19.6 Å². The maximum atomic E-state index is 5.36. The van der Waals surface area contributed by atoms with Crippen molar-refractivity contribution in [3.63, 3.8) is 0 Å². The van der Waals surface area contributed by atoms with E-state index in [4.69, 9.17) is 4.74 Å². The van der Waals surface area contributed by atoms with Crippen molar-refractivity contribution >= 4 is 0 Å². The van der Waals surface area contributed by atoms with Gasteiger partial charge in [-0.25, -0.2) is 9.97 Å². The van der Waals surface area contributed by atoms with Crippen LogP contribution in [0, 0.1) is 0 Å². The second-order valence-electron chi connectivity index (χ2n) is 6.45. The van der Waals surface area contributed by atoms with E-state index >= 15 is 0 Å². The number of pyridine rings is 1. The van der Waals surface area contributed by atoms with Gasteiger partial charge >= 0.3 is 0 Å². The van der Waals surface area contributed by atoms with Crippen molar-refractivity contribution in [3.8, 4) is 11.6 Å². The molecular formula is C20H22N4O. The Bertz CT molecular complexity index is 845. The van der Waals surface area contributed by atoms with Crippen molar-refractivity contribution < 1.29 is 4.74 Å². The van der Waals surface area contributed by atoms with Crippen molar-refractivity contribution in [2.24, 2.45) is 0 Å². The minimum Gasteiger partial charge on any atom is -0.497 e. The summed E-state index contributed by atoms with van der Waals surface area (Å²) >= 11 is 0. The number of benzene rings is 1. The first-order valence-electron chi connectivity index (χ1n) is 8.64. The van der Waals surface area contributed by atoms with E-state index in [9.17, 15) is 0 Å². The van der Waals surface area contributed by atoms with Crippen LogP contribution in [0.25, 0.3) is 5.82 Å². The lowest BCUT2D eigenvalue weighted by Crippen LogP contribution is -2.34. The smallest absolute Gasteiger partial charge is 0.138 e. The molecule has 4 rings (SSSR count). The molecule has 2 heterocycles. The number of hydrogen-bond acceptors (Lipinski definition) is 4. The van der Waals surface area contributed by atoms with Gasteiger partial charge < -0.3 is 10.1 Å². The normalized spacial score (nSPS) is 16.4. The van der Waals surface area contributed by atoms with Crippen LogP contribution in [0.15, 0.2) is 55.2 Å². The van der Waals surface area contributed by atoms with Gasteiger partial charge in [-0.15, -0.1) is 0 Å². The third kappa shape index (κ3) is 3.56. The average molecular weight is 334 g/mol. The molecule has 3 aromatic rings. The number of aromatic nitrogens is 3. The van der Waals surface area contributed by atoms with Crippen LogP contribution in [-0.2, 0) is 19.4 Å². The first kappa shape index (κ1) is 15.8. The molecule has 0 radical (unpaired) electrons. The number of nitrogens with one attached hydrogen (secondary N) is 1. The first-order chi connectivity index (χ1) is 12.3. The number of methoxy groups -OCH3 is 1. The number of rotatable bonds is 5. The molecule has 1 N–H and O–H groups in total. The molecule has 5 nitrogen and oxygen atoms in total. The highest BCUT2D eigenvalue weighted by atomic mass is 16.5. The van der Waals surface area contributed by atoms with Gasteiger partial charge in [-0.2, -0.15) is 0 Å². The number of ether oxygens (including phenoxy) is 1. The third-order valence-corrected chi connectivity index (χ3v) is 4.82. The predicted octanol–water partition coefficient (Wildman–Crippen LogP) is 2.92. The number of hydrogen-bond donors (Lipinski definition) is 1. The van der Waals surface area contributed by atoms with E-state index in [-0.39, 0.29) is 0 Å². The van der Waals surface area contributed by atoms with E-state index in [1.165, 1.54) is 23.1 Å². The van der Waals surface area contributed by atoms with Crippen molar-refractivity contribution in [1.29, 1.82) is 0 Å². The van der Waals surface area contributed by atoms with Crippen LogP contribution in [-0.4, -0.2) is 27.7 Å². The lowest BCUT2D eigenvalue weighted by Gasteiger charge is -2.26. The second kappa shape index (κ2) is 7.07. The van der Waals surface area contributed by atoms with Gasteiger partial charge in [0.15, 0.2) is 0 Å². The summed E-state index contributed by atoms with van der Waals surface area (Å²) in [5.41, 5.74) is 4.08. The van der Waals surface area contributed by atoms with Gasteiger partial charge in [0.1, 0.15) is 17.9 Å². The molecule has 5 heteroatoms. The Morgan fingerprint density at radius 2 is 2.16 bits per heavy atom. The van der Waals surface area contributed by atoms with Gasteiger partial charge in [-0.3, -0.25) is 4.57 Å². The molecule has 0 bridgehead atoms.